The van der Waals surface area contributed by atoms with Gasteiger partial charge in [0.1, 0.15) is 5.82 Å². The molecule has 5 nitrogen and oxygen atoms in total. The van der Waals surface area contributed by atoms with E-state index in [-0.39, 0.29) is 10.4 Å². The molecular weight excluding hydrogens is 343 g/mol. The lowest BCUT2D eigenvalue weighted by Gasteiger charge is -2.48. The van der Waals surface area contributed by atoms with E-state index in [1.807, 2.05) is 0 Å². The van der Waals surface area contributed by atoms with E-state index in [0.717, 1.165) is 44.8 Å². The Morgan fingerprint density at radius 1 is 1.20 bits per heavy atom. The van der Waals surface area contributed by atoms with Gasteiger partial charge in [-0.25, -0.2) is 17.5 Å². The fraction of sp³-hybridized carbons (Fsp3) is 0.667. The zero-order valence-corrected chi connectivity index (χ0v) is 15.6. The van der Waals surface area contributed by atoms with Gasteiger partial charge in [-0.2, -0.15) is 0 Å². The zero-order valence-electron chi connectivity index (χ0n) is 14.8. The standard InChI is InChI=1S/C18H27FN2O3S/c1-15-5-6-16(13-17(15)19)25(22,23)20-14-18(7-3-2-4-8-18)21-9-11-24-12-10-21/h5-6,13,20H,2-4,7-12,14H2,1H3. The third kappa shape index (κ3) is 4.22. The molecule has 0 radical (unpaired) electrons. The number of halogens is 1. The number of aryl methyl sites for hydroxylation is 1. The van der Waals surface area contributed by atoms with E-state index in [9.17, 15) is 12.8 Å². The van der Waals surface area contributed by atoms with Crippen LogP contribution in [0.4, 0.5) is 4.39 Å². The molecule has 7 heteroatoms. The number of ether oxygens (including phenoxy) is 1. The number of benzene rings is 1. The lowest BCUT2D eigenvalue weighted by atomic mass is 9.80. The molecule has 1 heterocycles. The van der Waals surface area contributed by atoms with E-state index in [1.165, 1.54) is 18.6 Å². The summed E-state index contributed by atoms with van der Waals surface area (Å²) in [5, 5.41) is 0. The van der Waals surface area contributed by atoms with Crippen LogP contribution in [-0.4, -0.2) is 51.7 Å². The predicted molar refractivity (Wildman–Crippen MR) is 94.5 cm³/mol. The molecule has 2 fully saturated rings. The molecule has 1 aromatic carbocycles. The van der Waals surface area contributed by atoms with Gasteiger partial charge in [-0.05, 0) is 37.5 Å². The van der Waals surface area contributed by atoms with E-state index in [4.69, 9.17) is 4.74 Å². The third-order valence-electron chi connectivity index (χ3n) is 5.51. The summed E-state index contributed by atoms with van der Waals surface area (Å²) in [5.74, 6) is -0.497. The van der Waals surface area contributed by atoms with Crippen molar-refractivity contribution < 1.29 is 17.5 Å². The molecule has 1 aliphatic heterocycles. The second-order valence-electron chi connectivity index (χ2n) is 7.12. The van der Waals surface area contributed by atoms with Gasteiger partial charge in [-0.3, -0.25) is 4.90 Å². The smallest absolute Gasteiger partial charge is 0.240 e. The number of sulfonamides is 1. The Labute approximate surface area is 149 Å². The van der Waals surface area contributed by atoms with Crippen molar-refractivity contribution in [1.29, 1.82) is 0 Å². The van der Waals surface area contributed by atoms with Gasteiger partial charge in [-0.1, -0.05) is 25.3 Å². The molecular formula is C18H27FN2O3S. The van der Waals surface area contributed by atoms with Crippen molar-refractivity contribution in [3.05, 3.63) is 29.6 Å². The first-order valence-corrected chi connectivity index (χ1v) is 10.5. The topological polar surface area (TPSA) is 58.6 Å². The highest BCUT2D eigenvalue weighted by Crippen LogP contribution is 2.34. The summed E-state index contributed by atoms with van der Waals surface area (Å²) in [5.41, 5.74) is 0.286. The van der Waals surface area contributed by atoms with Crippen LogP contribution in [0.2, 0.25) is 0 Å². The van der Waals surface area contributed by atoms with E-state index in [0.29, 0.717) is 25.3 Å². The minimum atomic E-state index is -3.72. The Bertz CT molecular complexity index is 696. The van der Waals surface area contributed by atoms with Gasteiger partial charge in [0.2, 0.25) is 10.0 Å². The molecule has 0 spiro atoms. The zero-order chi connectivity index (χ0) is 17.9. The minimum Gasteiger partial charge on any atom is -0.379 e. The summed E-state index contributed by atoms with van der Waals surface area (Å²) in [6, 6.07) is 4.06. The van der Waals surface area contributed by atoms with Crippen LogP contribution in [0.3, 0.4) is 0 Å². The molecule has 1 aliphatic carbocycles. The van der Waals surface area contributed by atoms with Crippen molar-refractivity contribution in [2.45, 2.75) is 49.5 Å². The fourth-order valence-corrected chi connectivity index (χ4v) is 5.04. The summed E-state index contributed by atoms with van der Waals surface area (Å²) >= 11 is 0. The second kappa shape index (κ2) is 7.70. The highest BCUT2D eigenvalue weighted by Gasteiger charge is 2.39. The lowest BCUT2D eigenvalue weighted by Crippen LogP contribution is -2.59. The minimum absolute atomic E-state index is 0.0106. The number of hydrogen-bond acceptors (Lipinski definition) is 4. The number of nitrogens with one attached hydrogen (secondary N) is 1. The van der Waals surface area contributed by atoms with Crippen LogP contribution in [0.5, 0.6) is 0 Å². The van der Waals surface area contributed by atoms with E-state index in [2.05, 4.69) is 9.62 Å². The molecule has 0 atom stereocenters. The predicted octanol–water partition coefficient (Wildman–Crippen LogP) is 2.45. The first-order valence-electron chi connectivity index (χ1n) is 9.02. The molecule has 0 unspecified atom stereocenters. The SMILES string of the molecule is Cc1ccc(S(=O)(=O)NCC2(N3CCOCC3)CCCCC2)cc1F. The molecule has 2 aliphatic rings. The van der Waals surface area contributed by atoms with Gasteiger partial charge >= 0.3 is 0 Å². The molecule has 1 N–H and O–H groups in total. The maximum Gasteiger partial charge on any atom is 0.240 e. The Kier molecular flexibility index (Phi) is 5.78. The van der Waals surface area contributed by atoms with Crippen molar-refractivity contribution >= 4 is 10.0 Å². The summed E-state index contributed by atoms with van der Waals surface area (Å²) in [6.07, 6.45) is 5.38. The van der Waals surface area contributed by atoms with Gasteiger partial charge in [-0.15, -0.1) is 0 Å². The van der Waals surface area contributed by atoms with Gasteiger partial charge < -0.3 is 4.74 Å². The van der Waals surface area contributed by atoms with E-state index >= 15 is 0 Å². The van der Waals surface area contributed by atoms with Gasteiger partial charge in [0.15, 0.2) is 0 Å². The Morgan fingerprint density at radius 3 is 2.52 bits per heavy atom. The molecule has 3 rings (SSSR count). The molecule has 25 heavy (non-hydrogen) atoms. The number of nitrogens with zero attached hydrogens (tertiary/aromatic N) is 1. The van der Waals surface area contributed by atoms with Crippen LogP contribution in [0.25, 0.3) is 0 Å². The molecule has 1 saturated carbocycles. The average Bonchev–Trinajstić information content (AvgIpc) is 2.64. The maximum atomic E-state index is 13.8. The van der Waals surface area contributed by atoms with E-state index in [1.54, 1.807) is 6.92 Å². The highest BCUT2D eigenvalue weighted by atomic mass is 32.2. The molecule has 140 valence electrons. The summed E-state index contributed by atoms with van der Waals surface area (Å²) in [6.45, 7) is 5.04. The summed E-state index contributed by atoms with van der Waals surface area (Å²) < 4.78 is 47.2. The largest absolute Gasteiger partial charge is 0.379 e. The van der Waals surface area contributed by atoms with Crippen LogP contribution in [0.1, 0.15) is 37.7 Å². The van der Waals surface area contributed by atoms with Crippen molar-refractivity contribution in [1.82, 2.24) is 9.62 Å². The highest BCUT2D eigenvalue weighted by molar-refractivity contribution is 7.89. The first-order chi connectivity index (χ1) is 11.9. The first kappa shape index (κ1) is 18.8. The van der Waals surface area contributed by atoms with Crippen molar-refractivity contribution in [3.8, 4) is 0 Å². The fourth-order valence-electron chi connectivity index (χ4n) is 3.91. The second-order valence-corrected chi connectivity index (χ2v) is 8.89. The van der Waals surface area contributed by atoms with Crippen LogP contribution in [0, 0.1) is 12.7 Å². The number of hydrogen-bond donors (Lipinski definition) is 1. The van der Waals surface area contributed by atoms with E-state index < -0.39 is 15.8 Å². The van der Waals surface area contributed by atoms with Gasteiger partial charge in [0.05, 0.1) is 18.1 Å². The molecule has 0 amide bonds. The van der Waals surface area contributed by atoms with Crippen LogP contribution in [-0.2, 0) is 14.8 Å². The lowest BCUT2D eigenvalue weighted by molar-refractivity contribution is -0.0348. The van der Waals surface area contributed by atoms with Crippen LogP contribution < -0.4 is 4.72 Å². The molecule has 1 aromatic rings. The Hall–Kier alpha value is -1.02. The molecule has 0 bridgehead atoms. The number of rotatable bonds is 5. The summed E-state index contributed by atoms with van der Waals surface area (Å²) in [7, 11) is -3.72. The Morgan fingerprint density at radius 2 is 1.88 bits per heavy atom. The normalized spacial score (nSPS) is 22.0. The number of morpholine rings is 1. The Balaban J connectivity index is 1.76. The van der Waals surface area contributed by atoms with Crippen molar-refractivity contribution in [2.75, 3.05) is 32.8 Å². The van der Waals surface area contributed by atoms with Crippen molar-refractivity contribution in [2.24, 2.45) is 0 Å². The van der Waals surface area contributed by atoms with Crippen LogP contribution >= 0.6 is 0 Å². The average molecular weight is 370 g/mol. The maximum absolute atomic E-state index is 13.8. The quantitative estimate of drug-likeness (QED) is 0.865. The molecule has 1 saturated heterocycles. The summed E-state index contributed by atoms with van der Waals surface area (Å²) in [4.78, 5) is 2.37. The van der Waals surface area contributed by atoms with Gasteiger partial charge in [0, 0.05) is 25.2 Å². The van der Waals surface area contributed by atoms with Gasteiger partial charge in [0.25, 0.3) is 0 Å². The van der Waals surface area contributed by atoms with Crippen molar-refractivity contribution in [3.63, 3.8) is 0 Å². The molecule has 0 aromatic heterocycles. The van der Waals surface area contributed by atoms with Crippen LogP contribution in [0.15, 0.2) is 23.1 Å². The third-order valence-corrected chi connectivity index (χ3v) is 6.91. The monoisotopic (exact) mass is 370 g/mol.